The Morgan fingerprint density at radius 2 is 1.94 bits per heavy atom. The molecule has 196 valence electrons. The average Bonchev–Trinajstić information content (AvgIpc) is 3.26. The molecule has 3 rings (SSSR count). The number of fused-ring (bicyclic) bond motifs is 1. The summed E-state index contributed by atoms with van der Waals surface area (Å²) in [4.78, 5) is 14.0. The summed E-state index contributed by atoms with van der Waals surface area (Å²) in [6.45, 7) is 10.2. The van der Waals surface area contributed by atoms with Crippen molar-refractivity contribution in [1.29, 1.82) is 0 Å². The molecule has 0 aromatic heterocycles. The fraction of sp³-hybridized carbons (Fsp3) is 0.519. The first-order chi connectivity index (χ1) is 17.0. The highest BCUT2D eigenvalue weighted by Gasteiger charge is 2.24. The van der Waals surface area contributed by atoms with Gasteiger partial charge in [-0.05, 0) is 54.9 Å². The Balaban J connectivity index is 1.92. The molecular formula is C27H37N3O5S. The summed E-state index contributed by atoms with van der Waals surface area (Å²) in [6, 6.07) is 8.51. The van der Waals surface area contributed by atoms with Crippen LogP contribution in [0.4, 0.5) is 0 Å². The molecule has 0 radical (unpaired) electrons. The smallest absolute Gasteiger partial charge is 0.306 e. The van der Waals surface area contributed by atoms with Crippen molar-refractivity contribution in [2.45, 2.75) is 91.1 Å². The number of nitrogens with zero attached hydrogens (tertiary/aromatic N) is 2. The van der Waals surface area contributed by atoms with Crippen molar-refractivity contribution < 1.29 is 23.1 Å². The second-order valence-corrected chi connectivity index (χ2v) is 11.1. The highest BCUT2D eigenvalue weighted by molar-refractivity contribution is 7.64. The van der Waals surface area contributed by atoms with Gasteiger partial charge in [-0.3, -0.25) is 9.89 Å². The molecule has 0 spiro atoms. The number of carbonyl (C=O) groups excluding carboxylic acids is 1. The number of aryl methyl sites for hydroxylation is 1. The first-order valence-electron chi connectivity index (χ1n) is 12.6. The molecule has 9 heteroatoms. The molecule has 0 saturated heterocycles. The third-order valence-corrected chi connectivity index (χ3v) is 6.98. The number of phenols is 1. The van der Waals surface area contributed by atoms with Crippen molar-refractivity contribution in [2.75, 3.05) is 0 Å². The number of esters is 1. The van der Waals surface area contributed by atoms with Crippen LogP contribution < -0.4 is 0 Å². The van der Waals surface area contributed by atoms with Gasteiger partial charge < -0.3 is 9.84 Å². The molecule has 0 bridgehead atoms. The van der Waals surface area contributed by atoms with Crippen LogP contribution in [-0.4, -0.2) is 40.6 Å². The van der Waals surface area contributed by atoms with Gasteiger partial charge in [0, 0.05) is 12.0 Å². The van der Waals surface area contributed by atoms with Crippen molar-refractivity contribution in [3.8, 4) is 22.8 Å². The maximum Gasteiger partial charge on any atom is 0.306 e. The predicted octanol–water partition coefficient (Wildman–Crippen LogP) is 5.55. The Bertz CT molecular complexity index is 1340. The molecule has 1 heterocycles. The lowest BCUT2D eigenvalue weighted by atomic mass is 9.84. The van der Waals surface area contributed by atoms with E-state index in [2.05, 4.69) is 17.1 Å². The van der Waals surface area contributed by atoms with E-state index >= 15 is 0 Å². The fourth-order valence-electron chi connectivity index (χ4n) is 4.22. The Morgan fingerprint density at radius 1 is 1.19 bits per heavy atom. The van der Waals surface area contributed by atoms with E-state index < -0.39 is 10.3 Å². The summed E-state index contributed by atoms with van der Waals surface area (Å²) in [5, 5.41) is 18.6. The lowest BCUT2D eigenvalue weighted by molar-refractivity contribution is -0.149. The first kappa shape index (κ1) is 27.5. The number of aromatic nitrogens is 3. The van der Waals surface area contributed by atoms with E-state index in [0.717, 1.165) is 37.7 Å². The fourth-order valence-corrected chi connectivity index (χ4v) is 4.72. The summed E-state index contributed by atoms with van der Waals surface area (Å²) in [5.41, 5.74) is 2.37. The Hall–Kier alpha value is -3.07. The second kappa shape index (κ2) is 11.8. The van der Waals surface area contributed by atoms with Crippen molar-refractivity contribution >= 4 is 16.3 Å². The second-order valence-electron chi connectivity index (χ2n) is 10.2. The van der Waals surface area contributed by atoms with Crippen LogP contribution in [-0.2, 0) is 31.7 Å². The zero-order valence-corrected chi connectivity index (χ0v) is 22.6. The standard InChI is InChI=1S/C27H37N3O5S/c1-6-8-9-11-19(7-2)35-24(31)15-14-18-16-20(27(3,4)5)26(32)22(17-18)30-28-21-12-10-13-23(36(33)34)25(21)29-30/h10,12-13,16-17,19,28,32H,6-9,11,14-15H2,1-5H3. The molecule has 1 aromatic carbocycles. The van der Waals surface area contributed by atoms with Crippen LogP contribution in [0.3, 0.4) is 0 Å². The molecule has 2 aliphatic rings. The number of carbonyl (C=O) groups is 1. The third-order valence-electron chi connectivity index (χ3n) is 6.29. The molecule has 0 fully saturated rings. The van der Waals surface area contributed by atoms with Gasteiger partial charge >= 0.3 is 5.97 Å². The number of H-pyrrole nitrogens is 1. The van der Waals surface area contributed by atoms with Crippen LogP contribution in [0.1, 0.15) is 84.3 Å². The highest BCUT2D eigenvalue weighted by atomic mass is 32.2. The van der Waals surface area contributed by atoms with Gasteiger partial charge in [0.25, 0.3) is 0 Å². The molecule has 2 N–H and O–H groups in total. The largest absolute Gasteiger partial charge is 0.505 e. The summed E-state index contributed by atoms with van der Waals surface area (Å²) < 4.78 is 29.0. The van der Waals surface area contributed by atoms with E-state index in [1.165, 1.54) is 10.9 Å². The van der Waals surface area contributed by atoms with E-state index in [9.17, 15) is 18.3 Å². The van der Waals surface area contributed by atoms with Crippen LogP contribution in [0, 0.1) is 4.51 Å². The van der Waals surface area contributed by atoms with Gasteiger partial charge in [0.15, 0.2) is 0 Å². The molecule has 1 unspecified atom stereocenters. The van der Waals surface area contributed by atoms with Crippen LogP contribution in [0.15, 0.2) is 30.3 Å². The molecule has 1 atom stereocenters. The lowest BCUT2D eigenvalue weighted by Gasteiger charge is -2.23. The molecule has 1 aliphatic heterocycles. The molecular weight excluding hydrogens is 478 g/mol. The van der Waals surface area contributed by atoms with Crippen molar-refractivity contribution in [1.82, 2.24) is 15.0 Å². The zero-order valence-electron chi connectivity index (χ0n) is 21.8. The van der Waals surface area contributed by atoms with Gasteiger partial charge in [-0.15, -0.1) is 5.10 Å². The molecule has 1 aliphatic carbocycles. The summed E-state index contributed by atoms with van der Waals surface area (Å²) in [7, 11) is -2.45. The van der Waals surface area contributed by atoms with Crippen molar-refractivity contribution in [2.24, 2.45) is 0 Å². The number of benzene rings is 2. The summed E-state index contributed by atoms with van der Waals surface area (Å²) >= 11 is 0. The third kappa shape index (κ3) is 6.57. The van der Waals surface area contributed by atoms with E-state index in [-0.39, 0.29) is 39.9 Å². The van der Waals surface area contributed by atoms with Crippen LogP contribution in [0.2, 0.25) is 0 Å². The number of nitrogens with one attached hydrogen (secondary N) is 1. The topological polar surface area (TPSA) is 114 Å². The quantitative estimate of drug-likeness (QED) is 0.208. The maximum atomic E-state index is 12.6. The van der Waals surface area contributed by atoms with Crippen LogP contribution >= 0.6 is 0 Å². The minimum Gasteiger partial charge on any atom is -0.505 e. The Labute approximate surface area is 214 Å². The minimum atomic E-state index is -2.45. The van der Waals surface area contributed by atoms with Crippen LogP contribution in [0.25, 0.3) is 17.1 Å². The number of hydrogen-bond donors (Lipinski definition) is 2. The number of phenolic OH excluding ortho intramolecular Hbond substituents is 1. The monoisotopic (exact) mass is 515 g/mol. The molecule has 36 heavy (non-hydrogen) atoms. The van der Waals surface area contributed by atoms with Crippen LogP contribution in [0.5, 0.6) is 5.75 Å². The predicted molar refractivity (Wildman–Crippen MR) is 140 cm³/mol. The van der Waals surface area contributed by atoms with E-state index in [4.69, 9.17) is 4.74 Å². The Morgan fingerprint density at radius 3 is 2.58 bits per heavy atom. The highest BCUT2D eigenvalue weighted by Crippen LogP contribution is 2.37. The number of rotatable bonds is 10. The number of aromatic hydroxyl groups is 1. The summed E-state index contributed by atoms with van der Waals surface area (Å²) in [5.74, 6) is -0.186. The average molecular weight is 516 g/mol. The van der Waals surface area contributed by atoms with Crippen molar-refractivity contribution in [3.63, 3.8) is 0 Å². The number of unbranched alkanes of at least 4 members (excludes halogenated alkanes) is 2. The number of hydrogen-bond acceptors (Lipinski definition) is 6. The van der Waals surface area contributed by atoms with Crippen molar-refractivity contribution in [3.05, 3.63) is 46.0 Å². The lowest BCUT2D eigenvalue weighted by Crippen LogP contribution is -2.18. The normalized spacial score (nSPS) is 12.6. The first-order valence-corrected chi connectivity index (χ1v) is 13.7. The van der Waals surface area contributed by atoms with Gasteiger partial charge in [-0.25, -0.2) is 0 Å². The SMILES string of the molecule is CCCCCC(CC)OC(=O)CCc1cc(-n2nc3c(=S(=O)=O)cccc-3[nH]2)c(O)c(C(C)(C)C)c1. The molecule has 1 aromatic rings. The Kier molecular flexibility index (Phi) is 9.00. The van der Waals surface area contributed by atoms with Gasteiger partial charge in [0.2, 0.25) is 10.3 Å². The minimum absolute atomic E-state index is 0.0460. The maximum absolute atomic E-state index is 12.6. The van der Waals surface area contributed by atoms with Gasteiger partial charge in [-0.1, -0.05) is 59.6 Å². The molecule has 0 amide bonds. The zero-order chi connectivity index (χ0) is 26.5. The van der Waals surface area contributed by atoms with Gasteiger partial charge in [-0.2, -0.15) is 13.2 Å². The summed E-state index contributed by atoms with van der Waals surface area (Å²) in [6.07, 6.45) is 5.60. The molecule has 0 saturated carbocycles. The van der Waals surface area contributed by atoms with E-state index in [0.29, 0.717) is 23.4 Å². The van der Waals surface area contributed by atoms with E-state index in [1.807, 2.05) is 33.8 Å². The molecule has 8 nitrogen and oxygen atoms in total. The van der Waals surface area contributed by atoms with Gasteiger partial charge in [0.05, 0.1) is 5.69 Å². The van der Waals surface area contributed by atoms with Gasteiger partial charge in [0.1, 0.15) is 27.7 Å². The van der Waals surface area contributed by atoms with E-state index in [1.54, 1.807) is 18.2 Å². The number of aromatic amines is 1. The number of ether oxygens (including phenoxy) is 1.